The molecule has 1 aromatic carbocycles. The summed E-state index contributed by atoms with van der Waals surface area (Å²) in [7, 11) is 1.62. The molecule has 1 unspecified atom stereocenters. The van der Waals surface area contributed by atoms with Crippen LogP contribution >= 0.6 is 23.1 Å². The zero-order valence-electron chi connectivity index (χ0n) is 18.4. The molecule has 1 fully saturated rings. The van der Waals surface area contributed by atoms with E-state index in [1.54, 1.807) is 7.11 Å². The Kier molecular flexibility index (Phi) is 5.28. The van der Waals surface area contributed by atoms with Crippen molar-refractivity contribution in [2.24, 2.45) is 5.92 Å². The molecule has 2 aliphatic heterocycles. The predicted octanol–water partition coefficient (Wildman–Crippen LogP) is 3.08. The van der Waals surface area contributed by atoms with Crippen LogP contribution in [0.15, 0.2) is 29.4 Å². The van der Waals surface area contributed by atoms with Crippen LogP contribution in [0.5, 0.6) is 5.75 Å². The number of hydrogen-bond donors (Lipinski definition) is 3. The molecule has 0 saturated carbocycles. The third kappa shape index (κ3) is 3.59. The topological polar surface area (TPSA) is 96.3 Å². The smallest absolute Gasteiger partial charge is 0.249 e. The van der Waals surface area contributed by atoms with Gasteiger partial charge in [-0.1, -0.05) is 18.7 Å². The van der Waals surface area contributed by atoms with E-state index >= 15 is 0 Å². The fraction of sp³-hybridized carbons (Fsp3) is 0.409. The number of nitrogens with one attached hydrogen (secondary N) is 3. The van der Waals surface area contributed by atoms with Crippen LogP contribution in [0.1, 0.15) is 35.5 Å². The van der Waals surface area contributed by atoms with E-state index in [1.807, 2.05) is 35.6 Å². The lowest BCUT2D eigenvalue weighted by Crippen LogP contribution is -2.39. The maximum atomic E-state index is 12.6. The summed E-state index contributed by atoms with van der Waals surface area (Å²) >= 11 is 3.26. The lowest BCUT2D eigenvalue weighted by Gasteiger charge is -2.31. The van der Waals surface area contributed by atoms with Crippen LogP contribution in [0.4, 0.5) is 11.6 Å². The Morgan fingerprint density at radius 2 is 2.18 bits per heavy atom. The minimum Gasteiger partial charge on any atom is -0.497 e. The lowest BCUT2D eigenvalue weighted by molar-refractivity contribution is -0.113. The second-order valence-corrected chi connectivity index (χ2v) is 10.6. The summed E-state index contributed by atoms with van der Waals surface area (Å²) in [5.41, 5.74) is 6.94. The molecule has 3 aliphatic rings. The number of benzene rings is 1. The van der Waals surface area contributed by atoms with Gasteiger partial charge >= 0.3 is 0 Å². The van der Waals surface area contributed by atoms with Crippen molar-refractivity contribution in [2.75, 3.05) is 29.9 Å². The second kappa shape index (κ2) is 8.32. The van der Waals surface area contributed by atoms with Gasteiger partial charge in [-0.15, -0.1) is 21.5 Å². The average Bonchev–Trinajstić information content (AvgIpc) is 3.53. The van der Waals surface area contributed by atoms with Crippen molar-refractivity contribution >= 4 is 40.6 Å². The minimum atomic E-state index is -0.0864. The summed E-state index contributed by atoms with van der Waals surface area (Å²) < 4.78 is 7.29. The van der Waals surface area contributed by atoms with Gasteiger partial charge in [-0.05, 0) is 55.0 Å². The number of carbonyl (C=O) groups excluding carboxylic acids is 1. The first kappa shape index (κ1) is 21.0. The van der Waals surface area contributed by atoms with Crippen molar-refractivity contribution in [2.45, 2.75) is 37.5 Å². The Balaban J connectivity index is 1.26. The molecule has 2 aromatic heterocycles. The van der Waals surface area contributed by atoms with Crippen molar-refractivity contribution in [3.63, 3.8) is 0 Å². The van der Waals surface area contributed by atoms with Crippen molar-refractivity contribution < 1.29 is 9.53 Å². The molecule has 4 heterocycles. The highest BCUT2D eigenvalue weighted by molar-refractivity contribution is 7.99. The van der Waals surface area contributed by atoms with Gasteiger partial charge in [0.15, 0.2) is 5.16 Å². The fourth-order valence-corrected chi connectivity index (χ4v) is 7.06. The van der Waals surface area contributed by atoms with E-state index < -0.39 is 0 Å². The van der Waals surface area contributed by atoms with Gasteiger partial charge in [0.25, 0.3) is 0 Å². The molecule has 0 radical (unpaired) electrons. The maximum absolute atomic E-state index is 12.6. The van der Waals surface area contributed by atoms with E-state index in [0.29, 0.717) is 12.6 Å². The van der Waals surface area contributed by atoms with Crippen molar-refractivity contribution in [3.8, 4) is 10.8 Å². The average molecular weight is 484 g/mol. The van der Waals surface area contributed by atoms with Crippen LogP contribution in [0.25, 0.3) is 5.00 Å². The van der Waals surface area contributed by atoms with E-state index in [9.17, 15) is 4.79 Å². The Bertz CT molecular complexity index is 1210. The molecular weight excluding hydrogens is 458 g/mol. The third-order valence-electron chi connectivity index (χ3n) is 6.35. The molecule has 33 heavy (non-hydrogen) atoms. The summed E-state index contributed by atoms with van der Waals surface area (Å²) in [6.07, 6.45) is 3.52. The number of aromatic nitrogens is 3. The molecule has 3 N–H and O–H groups in total. The Morgan fingerprint density at radius 1 is 1.33 bits per heavy atom. The highest BCUT2D eigenvalue weighted by atomic mass is 32.2. The van der Waals surface area contributed by atoms with Gasteiger partial charge in [0, 0.05) is 16.1 Å². The molecule has 172 valence electrons. The van der Waals surface area contributed by atoms with Gasteiger partial charge in [0.1, 0.15) is 16.9 Å². The van der Waals surface area contributed by atoms with E-state index in [-0.39, 0.29) is 17.8 Å². The Labute approximate surface area is 199 Å². The van der Waals surface area contributed by atoms with Gasteiger partial charge in [-0.2, -0.15) is 0 Å². The van der Waals surface area contributed by atoms with E-state index in [2.05, 4.69) is 42.8 Å². The number of rotatable bonds is 5. The second-order valence-electron chi connectivity index (χ2n) is 8.57. The van der Waals surface area contributed by atoms with Crippen molar-refractivity contribution in [3.05, 3.63) is 40.3 Å². The SMILES string of the molecule is COc1ccc(NC(=O)CSc2nnc3n2-c2sc4c(c2C2NCNN32)CC[C@H](C)C4)cc1. The number of anilines is 2. The number of nitrogens with zero attached hydrogens (tertiary/aromatic N) is 4. The number of ether oxygens (including phenoxy) is 1. The molecule has 6 rings (SSSR count). The van der Waals surface area contributed by atoms with Gasteiger partial charge in [-0.3, -0.25) is 15.1 Å². The Hall–Kier alpha value is -2.60. The first-order valence-corrected chi connectivity index (χ1v) is 12.9. The number of fused-ring (bicyclic) bond motifs is 8. The summed E-state index contributed by atoms with van der Waals surface area (Å²) in [6.45, 7) is 3.01. The number of thiophene rings is 1. The molecule has 0 spiro atoms. The normalized spacial score (nSPS) is 20.6. The lowest BCUT2D eigenvalue weighted by atomic mass is 9.87. The number of hydrogen-bond acceptors (Lipinski definition) is 9. The fourth-order valence-electron chi connectivity index (χ4n) is 4.73. The standard InChI is InChI=1S/C22H25N7O2S2/c1-12-3-8-15-16(9-12)33-20-18(15)19-23-11-24-29(19)21-26-27-22(28(20)21)32-10-17(30)25-13-4-6-14(31-2)7-5-13/h4-7,12,19,23-24H,3,8-11H2,1-2H3,(H,25,30)/t12-,19?/m0/s1. The van der Waals surface area contributed by atoms with E-state index in [1.165, 1.54) is 39.2 Å². The number of amides is 1. The first-order chi connectivity index (χ1) is 16.1. The van der Waals surface area contributed by atoms with E-state index in [4.69, 9.17) is 4.74 Å². The summed E-state index contributed by atoms with van der Waals surface area (Å²) in [5.74, 6) is 2.39. The van der Waals surface area contributed by atoms with Crippen molar-refractivity contribution in [1.82, 2.24) is 25.5 Å². The van der Waals surface area contributed by atoms with Gasteiger partial charge in [0.05, 0.1) is 19.5 Å². The number of thioether (sulfide) groups is 1. The molecule has 3 aromatic rings. The molecule has 2 atom stereocenters. The van der Waals surface area contributed by atoms with Gasteiger partial charge in [-0.25, -0.2) is 9.99 Å². The molecule has 1 amide bonds. The number of hydrazine groups is 1. The monoisotopic (exact) mass is 483 g/mol. The Morgan fingerprint density at radius 3 is 3.00 bits per heavy atom. The zero-order valence-corrected chi connectivity index (χ0v) is 20.1. The third-order valence-corrected chi connectivity index (χ3v) is 8.53. The molecule has 1 aliphatic carbocycles. The molecule has 0 bridgehead atoms. The van der Waals surface area contributed by atoms with Crippen LogP contribution in [-0.2, 0) is 17.6 Å². The van der Waals surface area contributed by atoms with Crippen LogP contribution in [0.2, 0.25) is 0 Å². The van der Waals surface area contributed by atoms with Crippen molar-refractivity contribution in [1.29, 1.82) is 0 Å². The number of methoxy groups -OCH3 is 1. The van der Waals surface area contributed by atoms with Crippen LogP contribution in [0, 0.1) is 5.92 Å². The maximum Gasteiger partial charge on any atom is 0.249 e. The highest BCUT2D eigenvalue weighted by Gasteiger charge is 2.42. The zero-order chi connectivity index (χ0) is 22.5. The summed E-state index contributed by atoms with van der Waals surface area (Å²) in [6, 6.07) is 7.31. The number of carbonyl (C=O) groups is 1. The summed E-state index contributed by atoms with van der Waals surface area (Å²) in [4.78, 5) is 14.1. The quantitative estimate of drug-likeness (QED) is 0.477. The van der Waals surface area contributed by atoms with Crippen LogP contribution < -0.4 is 25.8 Å². The highest BCUT2D eigenvalue weighted by Crippen LogP contribution is 2.48. The van der Waals surface area contributed by atoms with Gasteiger partial charge in [0.2, 0.25) is 11.9 Å². The first-order valence-electron chi connectivity index (χ1n) is 11.1. The van der Waals surface area contributed by atoms with Crippen LogP contribution in [0.3, 0.4) is 0 Å². The van der Waals surface area contributed by atoms with E-state index in [0.717, 1.165) is 35.4 Å². The van der Waals surface area contributed by atoms with Crippen LogP contribution in [-0.4, -0.2) is 40.2 Å². The summed E-state index contributed by atoms with van der Waals surface area (Å²) in [5, 5.41) is 19.4. The largest absolute Gasteiger partial charge is 0.497 e. The molecule has 1 saturated heterocycles. The molecular formula is C22H25N7O2S2. The molecule has 11 heteroatoms. The van der Waals surface area contributed by atoms with Gasteiger partial charge < -0.3 is 10.1 Å². The molecule has 9 nitrogen and oxygen atoms in total. The predicted molar refractivity (Wildman–Crippen MR) is 129 cm³/mol. The minimum absolute atomic E-state index is 0.0707.